The van der Waals surface area contributed by atoms with E-state index in [1.165, 1.54) is 11.1 Å². The van der Waals surface area contributed by atoms with Crippen molar-refractivity contribution < 1.29 is 9.59 Å². The Labute approximate surface area is 142 Å². The molecule has 0 aliphatic carbocycles. The lowest BCUT2D eigenvalue weighted by Crippen LogP contribution is -2.37. The number of benzene rings is 2. The molecule has 1 unspecified atom stereocenters. The first kappa shape index (κ1) is 16.2. The Balaban J connectivity index is 1.51. The molecule has 1 fully saturated rings. The highest BCUT2D eigenvalue weighted by atomic mass is 16.2. The zero-order valence-corrected chi connectivity index (χ0v) is 13.9. The lowest BCUT2D eigenvalue weighted by atomic mass is 10.1. The zero-order chi connectivity index (χ0) is 16.9. The van der Waals surface area contributed by atoms with Gasteiger partial charge in [-0.25, -0.2) is 0 Å². The fourth-order valence-corrected chi connectivity index (χ4v) is 3.09. The number of carbonyl (C=O) groups is 2. The fraction of sp³-hybridized carbons (Fsp3) is 0.300. The van der Waals surface area contributed by atoms with Crippen LogP contribution in [0.3, 0.4) is 0 Å². The standard InChI is InChI=1S/C20H22N2O2/c1-15-6-5-7-16(12-15)10-11-19(23)21-17-13-20(24)22(14-17)18-8-3-2-4-9-18/h2-9,12,17H,10-11,13-14H2,1H3,(H,21,23). The third-order valence-corrected chi connectivity index (χ3v) is 4.28. The van der Waals surface area contributed by atoms with Gasteiger partial charge in [-0.3, -0.25) is 9.59 Å². The lowest BCUT2D eigenvalue weighted by Gasteiger charge is -2.17. The summed E-state index contributed by atoms with van der Waals surface area (Å²) < 4.78 is 0. The van der Waals surface area contributed by atoms with E-state index in [0.29, 0.717) is 19.4 Å². The Kier molecular flexibility index (Phi) is 4.94. The predicted molar refractivity (Wildman–Crippen MR) is 94.8 cm³/mol. The Hall–Kier alpha value is -2.62. The van der Waals surface area contributed by atoms with Gasteiger partial charge in [-0.15, -0.1) is 0 Å². The summed E-state index contributed by atoms with van der Waals surface area (Å²) in [6.07, 6.45) is 1.53. The molecule has 4 heteroatoms. The largest absolute Gasteiger partial charge is 0.351 e. The smallest absolute Gasteiger partial charge is 0.229 e. The molecule has 2 amide bonds. The average Bonchev–Trinajstić information content (AvgIpc) is 2.94. The molecule has 1 heterocycles. The van der Waals surface area contributed by atoms with Crippen LogP contribution < -0.4 is 10.2 Å². The zero-order valence-electron chi connectivity index (χ0n) is 13.9. The molecule has 24 heavy (non-hydrogen) atoms. The van der Waals surface area contributed by atoms with Crippen LogP contribution >= 0.6 is 0 Å². The third kappa shape index (κ3) is 4.02. The van der Waals surface area contributed by atoms with Crippen LogP contribution in [0.25, 0.3) is 0 Å². The van der Waals surface area contributed by atoms with Gasteiger partial charge in [0.15, 0.2) is 0 Å². The molecule has 2 aromatic carbocycles. The molecule has 124 valence electrons. The molecule has 1 aliphatic rings. The van der Waals surface area contributed by atoms with E-state index < -0.39 is 0 Å². The predicted octanol–water partition coefficient (Wildman–Crippen LogP) is 2.85. The van der Waals surface area contributed by atoms with Gasteiger partial charge in [-0.05, 0) is 31.0 Å². The number of hydrogen-bond acceptors (Lipinski definition) is 2. The van der Waals surface area contributed by atoms with Gasteiger partial charge >= 0.3 is 0 Å². The van der Waals surface area contributed by atoms with Crippen molar-refractivity contribution in [3.05, 3.63) is 65.7 Å². The number of carbonyl (C=O) groups excluding carboxylic acids is 2. The molecular formula is C20H22N2O2. The summed E-state index contributed by atoms with van der Waals surface area (Å²) in [5.41, 5.74) is 3.25. The Morgan fingerprint density at radius 2 is 1.96 bits per heavy atom. The second-order valence-electron chi connectivity index (χ2n) is 6.30. The molecule has 1 aliphatic heterocycles. The molecule has 0 aromatic heterocycles. The number of amides is 2. The SMILES string of the molecule is Cc1cccc(CCC(=O)NC2CC(=O)N(c3ccccc3)C2)c1. The van der Waals surface area contributed by atoms with Crippen LogP contribution in [0.5, 0.6) is 0 Å². The number of aryl methyl sites for hydroxylation is 2. The minimum absolute atomic E-state index is 0.00391. The number of anilines is 1. The van der Waals surface area contributed by atoms with E-state index in [1.54, 1.807) is 4.90 Å². The molecular weight excluding hydrogens is 300 g/mol. The van der Waals surface area contributed by atoms with Crippen LogP contribution in [-0.2, 0) is 16.0 Å². The van der Waals surface area contributed by atoms with Crippen molar-refractivity contribution in [3.63, 3.8) is 0 Å². The van der Waals surface area contributed by atoms with Crippen molar-refractivity contribution >= 4 is 17.5 Å². The quantitative estimate of drug-likeness (QED) is 0.920. The summed E-state index contributed by atoms with van der Waals surface area (Å²) in [6, 6.07) is 17.7. The molecule has 2 aromatic rings. The first-order valence-corrected chi connectivity index (χ1v) is 8.32. The molecule has 0 spiro atoms. The Bertz CT molecular complexity index is 727. The van der Waals surface area contributed by atoms with E-state index >= 15 is 0 Å². The van der Waals surface area contributed by atoms with Gasteiger partial charge in [0.2, 0.25) is 11.8 Å². The summed E-state index contributed by atoms with van der Waals surface area (Å²) in [7, 11) is 0. The molecule has 4 nitrogen and oxygen atoms in total. The van der Waals surface area contributed by atoms with Crippen LogP contribution in [0.15, 0.2) is 54.6 Å². The van der Waals surface area contributed by atoms with Gasteiger partial charge in [0.1, 0.15) is 0 Å². The monoisotopic (exact) mass is 322 g/mol. The third-order valence-electron chi connectivity index (χ3n) is 4.28. The normalized spacial score (nSPS) is 17.1. The number of para-hydroxylation sites is 1. The van der Waals surface area contributed by atoms with Crippen LogP contribution in [-0.4, -0.2) is 24.4 Å². The number of rotatable bonds is 5. The molecule has 1 saturated heterocycles. The van der Waals surface area contributed by atoms with Gasteiger partial charge in [0, 0.05) is 25.1 Å². The van der Waals surface area contributed by atoms with Crippen LogP contribution in [0.4, 0.5) is 5.69 Å². The second-order valence-corrected chi connectivity index (χ2v) is 6.30. The Morgan fingerprint density at radius 1 is 1.17 bits per heavy atom. The van der Waals surface area contributed by atoms with Crippen molar-refractivity contribution in [2.24, 2.45) is 0 Å². The average molecular weight is 322 g/mol. The molecule has 0 bridgehead atoms. The van der Waals surface area contributed by atoms with E-state index in [1.807, 2.05) is 55.5 Å². The minimum atomic E-state index is -0.109. The fourth-order valence-electron chi connectivity index (χ4n) is 3.09. The van der Waals surface area contributed by atoms with Crippen molar-refractivity contribution in [2.45, 2.75) is 32.2 Å². The van der Waals surface area contributed by atoms with Gasteiger partial charge in [0.25, 0.3) is 0 Å². The highest BCUT2D eigenvalue weighted by Gasteiger charge is 2.31. The second kappa shape index (κ2) is 7.30. The van der Waals surface area contributed by atoms with Gasteiger partial charge in [-0.2, -0.15) is 0 Å². The molecule has 1 N–H and O–H groups in total. The van der Waals surface area contributed by atoms with E-state index in [-0.39, 0.29) is 17.9 Å². The van der Waals surface area contributed by atoms with E-state index in [9.17, 15) is 9.59 Å². The maximum atomic E-state index is 12.2. The number of hydrogen-bond donors (Lipinski definition) is 1. The van der Waals surface area contributed by atoms with Crippen LogP contribution in [0, 0.1) is 6.92 Å². The molecule has 0 saturated carbocycles. The van der Waals surface area contributed by atoms with Gasteiger partial charge in [0.05, 0.1) is 6.04 Å². The summed E-state index contributed by atoms with van der Waals surface area (Å²) in [5.74, 6) is 0.0643. The highest BCUT2D eigenvalue weighted by molar-refractivity contribution is 5.96. The van der Waals surface area contributed by atoms with Crippen molar-refractivity contribution in [3.8, 4) is 0 Å². The summed E-state index contributed by atoms with van der Waals surface area (Å²) in [6.45, 7) is 2.59. The van der Waals surface area contributed by atoms with E-state index in [4.69, 9.17) is 0 Å². The molecule has 0 radical (unpaired) electrons. The topological polar surface area (TPSA) is 49.4 Å². The van der Waals surface area contributed by atoms with Gasteiger partial charge in [-0.1, -0.05) is 48.0 Å². The minimum Gasteiger partial charge on any atom is -0.351 e. The summed E-state index contributed by atoms with van der Waals surface area (Å²) in [5, 5.41) is 2.99. The Morgan fingerprint density at radius 3 is 2.71 bits per heavy atom. The van der Waals surface area contributed by atoms with Crippen molar-refractivity contribution in [2.75, 3.05) is 11.4 Å². The van der Waals surface area contributed by atoms with Crippen molar-refractivity contribution in [1.82, 2.24) is 5.32 Å². The van der Waals surface area contributed by atoms with Crippen LogP contribution in [0.1, 0.15) is 24.0 Å². The maximum Gasteiger partial charge on any atom is 0.229 e. The first-order chi connectivity index (χ1) is 11.6. The van der Waals surface area contributed by atoms with Crippen LogP contribution in [0.2, 0.25) is 0 Å². The van der Waals surface area contributed by atoms with Crippen molar-refractivity contribution in [1.29, 1.82) is 0 Å². The first-order valence-electron chi connectivity index (χ1n) is 8.32. The molecule has 1 atom stereocenters. The number of nitrogens with one attached hydrogen (secondary N) is 1. The summed E-state index contributed by atoms with van der Waals surface area (Å²) in [4.78, 5) is 26.1. The van der Waals surface area contributed by atoms with E-state index in [0.717, 1.165) is 12.1 Å². The van der Waals surface area contributed by atoms with Gasteiger partial charge < -0.3 is 10.2 Å². The maximum absolute atomic E-state index is 12.2. The number of nitrogens with zero attached hydrogens (tertiary/aromatic N) is 1. The molecule has 3 rings (SSSR count). The lowest BCUT2D eigenvalue weighted by molar-refractivity contribution is -0.121. The van der Waals surface area contributed by atoms with E-state index in [2.05, 4.69) is 11.4 Å². The summed E-state index contributed by atoms with van der Waals surface area (Å²) >= 11 is 0. The highest BCUT2D eigenvalue weighted by Crippen LogP contribution is 2.21.